The van der Waals surface area contributed by atoms with E-state index >= 15 is 0 Å². The lowest BCUT2D eigenvalue weighted by molar-refractivity contribution is -0.136. The third-order valence-electron chi connectivity index (χ3n) is 4.18. The predicted octanol–water partition coefficient (Wildman–Crippen LogP) is 3.15. The Morgan fingerprint density at radius 1 is 0.933 bits per heavy atom. The largest absolute Gasteiger partial charge is 0.507 e. The number of hydrogen-bond acceptors (Lipinski definition) is 7. The maximum Gasteiger partial charge on any atom is 0.329 e. The van der Waals surface area contributed by atoms with Crippen molar-refractivity contribution in [2.75, 3.05) is 5.32 Å². The fraction of sp³-hybridized carbons (Fsp3) is 0. The molecular formula is C21H15N5O3S. The molecule has 0 fully saturated rings. The van der Waals surface area contributed by atoms with Gasteiger partial charge in [0.05, 0.1) is 6.21 Å². The summed E-state index contributed by atoms with van der Waals surface area (Å²) in [6.07, 6.45) is 1.29. The minimum absolute atomic E-state index is 0.0125. The van der Waals surface area contributed by atoms with Gasteiger partial charge in [-0.15, -0.1) is 10.2 Å². The molecule has 0 bridgehead atoms. The second-order valence-electron chi connectivity index (χ2n) is 6.15. The van der Waals surface area contributed by atoms with E-state index < -0.39 is 11.8 Å². The van der Waals surface area contributed by atoms with E-state index in [1.54, 1.807) is 6.07 Å². The van der Waals surface area contributed by atoms with E-state index in [0.29, 0.717) is 10.6 Å². The zero-order valence-corrected chi connectivity index (χ0v) is 16.3. The lowest BCUT2D eigenvalue weighted by Crippen LogP contribution is -2.32. The molecule has 0 aliphatic heterocycles. The maximum atomic E-state index is 12.1. The minimum atomic E-state index is -0.970. The fourth-order valence-corrected chi connectivity index (χ4v) is 3.50. The van der Waals surface area contributed by atoms with Crippen LogP contribution in [0.2, 0.25) is 0 Å². The van der Waals surface area contributed by atoms with Crippen LogP contribution >= 0.6 is 11.3 Å². The first kappa shape index (κ1) is 19.2. The average molecular weight is 417 g/mol. The van der Waals surface area contributed by atoms with E-state index in [9.17, 15) is 14.7 Å². The van der Waals surface area contributed by atoms with Crippen LogP contribution in [0.4, 0.5) is 5.13 Å². The van der Waals surface area contributed by atoms with Crippen molar-refractivity contribution in [1.29, 1.82) is 0 Å². The summed E-state index contributed by atoms with van der Waals surface area (Å²) in [4.78, 5) is 24.1. The van der Waals surface area contributed by atoms with Gasteiger partial charge in [0.25, 0.3) is 0 Å². The van der Waals surface area contributed by atoms with Gasteiger partial charge in [-0.25, -0.2) is 5.43 Å². The van der Waals surface area contributed by atoms with Gasteiger partial charge < -0.3 is 5.11 Å². The highest BCUT2D eigenvalue weighted by Gasteiger charge is 2.16. The van der Waals surface area contributed by atoms with Crippen LogP contribution in [0.5, 0.6) is 5.75 Å². The number of nitrogens with zero attached hydrogens (tertiary/aromatic N) is 3. The molecule has 0 saturated heterocycles. The molecular weight excluding hydrogens is 402 g/mol. The van der Waals surface area contributed by atoms with Crippen molar-refractivity contribution in [3.8, 4) is 16.3 Å². The number of carbonyl (C=O) groups excluding carboxylic acids is 2. The van der Waals surface area contributed by atoms with Crippen LogP contribution in [-0.4, -0.2) is 33.3 Å². The van der Waals surface area contributed by atoms with E-state index in [1.165, 1.54) is 12.3 Å². The normalized spacial score (nSPS) is 10.9. The molecule has 148 valence electrons. The number of hydrazone groups is 1. The van der Waals surface area contributed by atoms with Gasteiger partial charge in [0.2, 0.25) is 5.13 Å². The molecule has 4 aromatic rings. The summed E-state index contributed by atoms with van der Waals surface area (Å²) in [5.74, 6) is -1.88. The van der Waals surface area contributed by atoms with E-state index in [-0.39, 0.29) is 10.9 Å². The zero-order chi connectivity index (χ0) is 20.9. The van der Waals surface area contributed by atoms with Gasteiger partial charge >= 0.3 is 11.8 Å². The van der Waals surface area contributed by atoms with E-state index in [0.717, 1.165) is 27.7 Å². The summed E-state index contributed by atoms with van der Waals surface area (Å²) in [6.45, 7) is 0. The van der Waals surface area contributed by atoms with Gasteiger partial charge in [-0.3, -0.25) is 14.9 Å². The first-order chi connectivity index (χ1) is 14.6. The highest BCUT2D eigenvalue weighted by atomic mass is 32.1. The number of phenols is 1. The molecule has 3 aromatic carbocycles. The number of benzene rings is 3. The lowest BCUT2D eigenvalue weighted by Gasteiger charge is -2.04. The monoisotopic (exact) mass is 417 g/mol. The van der Waals surface area contributed by atoms with Crippen LogP contribution in [0, 0.1) is 0 Å². The molecule has 0 aliphatic carbocycles. The van der Waals surface area contributed by atoms with Crippen molar-refractivity contribution >= 4 is 45.3 Å². The second-order valence-corrected chi connectivity index (χ2v) is 7.13. The standard InChI is InChI=1S/C21H15N5O3S/c27-17-11-10-13-6-4-5-9-15(13)16(17)12-22-24-19(29)18(28)23-21-26-25-20(30-21)14-7-2-1-3-8-14/h1-12,27H,(H,24,29)(H,23,26,28). The Morgan fingerprint density at radius 2 is 1.70 bits per heavy atom. The first-order valence-corrected chi connectivity index (χ1v) is 9.67. The SMILES string of the molecule is O=C(NN=Cc1c(O)ccc2ccccc12)C(=O)Nc1nnc(-c2ccccc2)s1. The Kier molecular flexibility index (Phi) is 5.44. The molecule has 30 heavy (non-hydrogen) atoms. The van der Waals surface area contributed by atoms with Crippen molar-refractivity contribution in [1.82, 2.24) is 15.6 Å². The van der Waals surface area contributed by atoms with Crippen LogP contribution in [0.3, 0.4) is 0 Å². The molecule has 3 N–H and O–H groups in total. The predicted molar refractivity (Wildman–Crippen MR) is 115 cm³/mol. The third kappa shape index (κ3) is 4.15. The summed E-state index contributed by atoms with van der Waals surface area (Å²) in [5.41, 5.74) is 3.44. The van der Waals surface area contributed by atoms with Gasteiger partial charge in [0.15, 0.2) is 0 Å². The fourth-order valence-electron chi connectivity index (χ4n) is 2.75. The number of carbonyl (C=O) groups is 2. The summed E-state index contributed by atoms with van der Waals surface area (Å²) >= 11 is 1.15. The van der Waals surface area contributed by atoms with E-state index in [2.05, 4.69) is 26.0 Å². The van der Waals surface area contributed by atoms with Crippen molar-refractivity contribution in [3.63, 3.8) is 0 Å². The van der Waals surface area contributed by atoms with Gasteiger partial charge in [0, 0.05) is 11.1 Å². The Hall–Kier alpha value is -4.11. The van der Waals surface area contributed by atoms with Crippen LogP contribution in [0.1, 0.15) is 5.56 Å². The Bertz CT molecular complexity index is 1250. The molecule has 8 nitrogen and oxygen atoms in total. The van der Waals surface area contributed by atoms with Crippen LogP contribution in [0.25, 0.3) is 21.3 Å². The number of anilines is 1. The highest BCUT2D eigenvalue weighted by Crippen LogP contribution is 2.26. The van der Waals surface area contributed by atoms with Gasteiger partial charge in [-0.2, -0.15) is 5.10 Å². The number of amides is 2. The van der Waals surface area contributed by atoms with Crippen molar-refractivity contribution in [2.24, 2.45) is 5.10 Å². The van der Waals surface area contributed by atoms with Crippen molar-refractivity contribution < 1.29 is 14.7 Å². The number of aromatic nitrogens is 2. The van der Waals surface area contributed by atoms with Gasteiger partial charge in [-0.1, -0.05) is 72.0 Å². The smallest absolute Gasteiger partial charge is 0.329 e. The number of fused-ring (bicyclic) bond motifs is 1. The number of phenolic OH excluding ortho intramolecular Hbond substituents is 1. The van der Waals surface area contributed by atoms with E-state index in [4.69, 9.17) is 0 Å². The lowest BCUT2D eigenvalue weighted by atomic mass is 10.0. The summed E-state index contributed by atoms with van der Waals surface area (Å²) in [5, 5.41) is 26.6. The van der Waals surface area contributed by atoms with Crippen LogP contribution in [0.15, 0.2) is 71.8 Å². The number of aromatic hydroxyl groups is 1. The molecule has 0 aliphatic rings. The molecule has 0 unspecified atom stereocenters. The summed E-state index contributed by atoms with van der Waals surface area (Å²) in [6, 6.07) is 20.1. The zero-order valence-electron chi connectivity index (χ0n) is 15.4. The quantitative estimate of drug-likeness (QED) is 0.268. The molecule has 9 heteroatoms. The van der Waals surface area contributed by atoms with Crippen LogP contribution in [-0.2, 0) is 9.59 Å². The third-order valence-corrected chi connectivity index (χ3v) is 5.07. The molecule has 0 radical (unpaired) electrons. The molecule has 4 rings (SSSR count). The van der Waals surface area contributed by atoms with Crippen molar-refractivity contribution in [2.45, 2.75) is 0 Å². The topological polar surface area (TPSA) is 117 Å². The molecule has 0 saturated carbocycles. The second kappa shape index (κ2) is 8.50. The molecule has 1 aromatic heterocycles. The maximum absolute atomic E-state index is 12.1. The average Bonchev–Trinajstić information content (AvgIpc) is 3.24. The highest BCUT2D eigenvalue weighted by molar-refractivity contribution is 7.18. The summed E-state index contributed by atoms with van der Waals surface area (Å²) < 4.78 is 0. The summed E-state index contributed by atoms with van der Waals surface area (Å²) in [7, 11) is 0. The first-order valence-electron chi connectivity index (χ1n) is 8.86. The Labute approximate surface area is 174 Å². The molecule has 2 amide bonds. The number of hydrogen-bond donors (Lipinski definition) is 3. The molecule has 0 atom stereocenters. The molecule has 1 heterocycles. The van der Waals surface area contributed by atoms with Gasteiger partial charge in [-0.05, 0) is 16.8 Å². The Morgan fingerprint density at radius 3 is 2.53 bits per heavy atom. The minimum Gasteiger partial charge on any atom is -0.507 e. The Balaban J connectivity index is 1.41. The van der Waals surface area contributed by atoms with Crippen LogP contribution < -0.4 is 10.7 Å². The van der Waals surface area contributed by atoms with Crippen molar-refractivity contribution in [3.05, 3.63) is 72.3 Å². The number of rotatable bonds is 4. The van der Waals surface area contributed by atoms with Gasteiger partial charge in [0.1, 0.15) is 10.8 Å². The number of nitrogens with one attached hydrogen (secondary N) is 2. The van der Waals surface area contributed by atoms with E-state index in [1.807, 2.05) is 54.6 Å². The molecule has 0 spiro atoms.